The number of aliphatic carboxylic acids is 2. The van der Waals surface area contributed by atoms with Crippen molar-refractivity contribution in [2.45, 2.75) is 33.6 Å². The number of carbonyl (C=O) groups excluding carboxylic acids is 2. The molecule has 0 bridgehead atoms. The van der Waals surface area contributed by atoms with Crippen molar-refractivity contribution >= 4 is 23.6 Å². The first-order valence-corrected chi connectivity index (χ1v) is 5.77. The molecule has 0 saturated carbocycles. The third-order valence-corrected chi connectivity index (χ3v) is 2.19. The van der Waals surface area contributed by atoms with Crippen molar-refractivity contribution in [3.05, 3.63) is 0 Å². The molecule has 0 radical (unpaired) electrons. The maximum absolute atomic E-state index is 10.7. The molecule has 0 saturated heterocycles. The largest absolute Gasteiger partial charge is 0.481 e. The minimum Gasteiger partial charge on any atom is -0.481 e. The molecule has 2 atom stereocenters. The summed E-state index contributed by atoms with van der Waals surface area (Å²) >= 11 is 0. The van der Waals surface area contributed by atoms with E-state index in [1.165, 1.54) is 20.9 Å². The fourth-order valence-electron chi connectivity index (χ4n) is 1.12. The Morgan fingerprint density at radius 3 is 1.68 bits per heavy atom. The first-order valence-electron chi connectivity index (χ1n) is 5.77. The Bertz CT molecular complexity index is 339. The number of Topliss-reactive ketones (excluding diaryl/α,β-unsaturated/α-hetero) is 1. The Morgan fingerprint density at radius 1 is 1.00 bits per heavy atom. The molecular formula is C12H21NO6. The molecule has 0 fully saturated rings. The summed E-state index contributed by atoms with van der Waals surface area (Å²) in [6, 6.07) is 0. The van der Waals surface area contributed by atoms with E-state index in [-0.39, 0.29) is 24.5 Å². The smallest absolute Gasteiger partial charge is 0.306 e. The standard InChI is InChI=1S/C6H11NO3.C6H10O3/c1-4(3-5(8)9)6(10)7-2;1-4(6(8)9)3-5(2)7/h4H,3H2,1-2H3,(H,7,10)(H,8,9);4H,3H2,1-2H3,(H,8,9). The van der Waals surface area contributed by atoms with Gasteiger partial charge in [-0.05, 0) is 6.92 Å². The number of ketones is 1. The second-order valence-corrected chi connectivity index (χ2v) is 4.26. The number of nitrogens with one attached hydrogen (secondary N) is 1. The Morgan fingerprint density at radius 2 is 1.47 bits per heavy atom. The molecule has 0 spiro atoms. The Kier molecular flexibility index (Phi) is 10.3. The molecule has 0 aromatic carbocycles. The molecule has 0 aliphatic rings. The van der Waals surface area contributed by atoms with Crippen molar-refractivity contribution < 1.29 is 29.4 Å². The number of carbonyl (C=O) groups is 4. The average Bonchev–Trinajstić information content (AvgIpc) is 2.26. The van der Waals surface area contributed by atoms with Gasteiger partial charge in [0.15, 0.2) is 0 Å². The molecular weight excluding hydrogens is 254 g/mol. The van der Waals surface area contributed by atoms with Crippen LogP contribution in [0.1, 0.15) is 33.6 Å². The quantitative estimate of drug-likeness (QED) is 0.650. The lowest BCUT2D eigenvalue weighted by atomic mass is 10.1. The van der Waals surface area contributed by atoms with Crippen LogP contribution in [0.5, 0.6) is 0 Å². The Balaban J connectivity index is 0. The molecule has 110 valence electrons. The third-order valence-electron chi connectivity index (χ3n) is 2.19. The molecule has 0 aromatic heterocycles. The van der Waals surface area contributed by atoms with Crippen molar-refractivity contribution in [3.63, 3.8) is 0 Å². The normalized spacial score (nSPS) is 12.4. The van der Waals surface area contributed by atoms with E-state index in [9.17, 15) is 19.2 Å². The van der Waals surface area contributed by atoms with E-state index in [0.717, 1.165) is 0 Å². The van der Waals surface area contributed by atoms with Gasteiger partial charge in [-0.2, -0.15) is 0 Å². The van der Waals surface area contributed by atoms with Crippen LogP contribution in [0, 0.1) is 11.8 Å². The zero-order valence-electron chi connectivity index (χ0n) is 11.6. The van der Waals surface area contributed by atoms with Crippen LogP contribution < -0.4 is 5.32 Å². The molecule has 0 aliphatic heterocycles. The lowest BCUT2D eigenvalue weighted by Crippen LogP contribution is -2.26. The zero-order chi connectivity index (χ0) is 15.6. The van der Waals surface area contributed by atoms with E-state index in [1.807, 2.05) is 0 Å². The van der Waals surface area contributed by atoms with Crippen molar-refractivity contribution in [3.8, 4) is 0 Å². The molecule has 0 rings (SSSR count). The van der Waals surface area contributed by atoms with Gasteiger partial charge >= 0.3 is 11.9 Å². The van der Waals surface area contributed by atoms with Crippen LogP contribution in [-0.4, -0.2) is 40.9 Å². The summed E-state index contributed by atoms with van der Waals surface area (Å²) in [7, 11) is 1.49. The fraction of sp³-hybridized carbons (Fsp3) is 0.667. The minimum absolute atomic E-state index is 0.0788. The summed E-state index contributed by atoms with van der Waals surface area (Å²) in [6.45, 7) is 4.48. The highest BCUT2D eigenvalue weighted by molar-refractivity contribution is 5.82. The second kappa shape index (κ2) is 10.0. The van der Waals surface area contributed by atoms with Gasteiger partial charge in [-0.3, -0.25) is 14.4 Å². The Labute approximate surface area is 112 Å². The number of hydrogen-bond donors (Lipinski definition) is 3. The van der Waals surface area contributed by atoms with Crippen LogP contribution in [-0.2, 0) is 19.2 Å². The highest BCUT2D eigenvalue weighted by atomic mass is 16.4. The van der Waals surface area contributed by atoms with E-state index >= 15 is 0 Å². The first-order chi connectivity index (χ1) is 8.61. The summed E-state index contributed by atoms with van der Waals surface area (Å²) < 4.78 is 0. The molecule has 2 unspecified atom stereocenters. The van der Waals surface area contributed by atoms with Crippen LogP contribution in [0.2, 0.25) is 0 Å². The van der Waals surface area contributed by atoms with E-state index in [4.69, 9.17) is 10.2 Å². The molecule has 0 aliphatic carbocycles. The van der Waals surface area contributed by atoms with E-state index < -0.39 is 23.8 Å². The maximum Gasteiger partial charge on any atom is 0.306 e. The van der Waals surface area contributed by atoms with Gasteiger partial charge in [0.05, 0.1) is 12.3 Å². The van der Waals surface area contributed by atoms with Gasteiger partial charge in [0, 0.05) is 19.4 Å². The predicted molar refractivity (Wildman–Crippen MR) is 67.6 cm³/mol. The molecule has 0 aromatic rings. The SMILES string of the molecule is CC(=O)CC(C)C(=O)O.CNC(=O)C(C)CC(=O)O. The van der Waals surface area contributed by atoms with Gasteiger partial charge in [0.25, 0.3) is 0 Å². The van der Waals surface area contributed by atoms with Gasteiger partial charge < -0.3 is 20.3 Å². The summed E-state index contributed by atoms with van der Waals surface area (Å²) in [6.07, 6.45) is 0.0228. The molecule has 1 amide bonds. The number of hydrogen-bond acceptors (Lipinski definition) is 4. The zero-order valence-corrected chi connectivity index (χ0v) is 11.6. The van der Waals surface area contributed by atoms with Gasteiger partial charge in [0.2, 0.25) is 5.91 Å². The lowest BCUT2D eigenvalue weighted by molar-refractivity contribution is -0.142. The van der Waals surface area contributed by atoms with Gasteiger partial charge in [-0.1, -0.05) is 13.8 Å². The van der Waals surface area contributed by atoms with Crippen LogP contribution in [0.15, 0.2) is 0 Å². The van der Waals surface area contributed by atoms with Crippen molar-refractivity contribution in [1.82, 2.24) is 5.32 Å². The van der Waals surface area contributed by atoms with Crippen LogP contribution in [0.3, 0.4) is 0 Å². The Hall–Kier alpha value is -1.92. The average molecular weight is 275 g/mol. The topological polar surface area (TPSA) is 121 Å². The summed E-state index contributed by atoms with van der Waals surface area (Å²) in [4.78, 5) is 41.1. The molecule has 7 nitrogen and oxygen atoms in total. The molecule has 3 N–H and O–H groups in total. The van der Waals surface area contributed by atoms with Gasteiger partial charge in [0.1, 0.15) is 5.78 Å². The summed E-state index contributed by atoms with van der Waals surface area (Å²) in [5.41, 5.74) is 0. The lowest BCUT2D eigenvalue weighted by Gasteiger charge is -2.04. The number of amides is 1. The van der Waals surface area contributed by atoms with Gasteiger partial charge in [-0.25, -0.2) is 0 Å². The van der Waals surface area contributed by atoms with E-state index in [0.29, 0.717) is 0 Å². The molecule has 0 heterocycles. The minimum atomic E-state index is -0.948. The number of carboxylic acid groups (broad SMARTS) is 2. The third kappa shape index (κ3) is 12.3. The summed E-state index contributed by atoms with van der Waals surface area (Å²) in [5, 5.41) is 18.9. The molecule has 7 heteroatoms. The van der Waals surface area contributed by atoms with Crippen molar-refractivity contribution in [2.24, 2.45) is 11.8 Å². The fourth-order valence-corrected chi connectivity index (χ4v) is 1.12. The van der Waals surface area contributed by atoms with Crippen LogP contribution >= 0.6 is 0 Å². The predicted octanol–water partition coefficient (Wildman–Crippen LogP) is 0.529. The van der Waals surface area contributed by atoms with E-state index in [2.05, 4.69) is 5.32 Å². The highest BCUT2D eigenvalue weighted by Gasteiger charge is 2.14. The van der Waals surface area contributed by atoms with Crippen molar-refractivity contribution in [1.29, 1.82) is 0 Å². The molecule has 19 heavy (non-hydrogen) atoms. The van der Waals surface area contributed by atoms with Gasteiger partial charge in [-0.15, -0.1) is 0 Å². The number of carboxylic acids is 2. The van der Waals surface area contributed by atoms with Crippen LogP contribution in [0.4, 0.5) is 0 Å². The first kappa shape index (κ1) is 19.4. The summed E-state index contributed by atoms with van der Waals surface area (Å²) in [5.74, 6) is -3.15. The number of rotatable bonds is 6. The highest BCUT2D eigenvalue weighted by Crippen LogP contribution is 2.01. The maximum atomic E-state index is 10.7. The van der Waals surface area contributed by atoms with Crippen molar-refractivity contribution in [2.75, 3.05) is 7.05 Å². The van der Waals surface area contributed by atoms with Crippen LogP contribution in [0.25, 0.3) is 0 Å². The monoisotopic (exact) mass is 275 g/mol. The second-order valence-electron chi connectivity index (χ2n) is 4.26. The van der Waals surface area contributed by atoms with E-state index in [1.54, 1.807) is 6.92 Å².